The van der Waals surface area contributed by atoms with Crippen molar-refractivity contribution in [3.05, 3.63) is 41.5 Å². The van der Waals surface area contributed by atoms with Crippen LogP contribution in [0.25, 0.3) is 21.5 Å². The van der Waals surface area contributed by atoms with Crippen LogP contribution in [-0.2, 0) is 0 Å². The minimum Gasteiger partial charge on any atom is -0.346 e. The maximum atomic E-state index is 12.7. The Labute approximate surface area is 141 Å². The lowest BCUT2D eigenvalue weighted by Crippen LogP contribution is -2.31. The first-order valence-electron chi connectivity index (χ1n) is 8.06. The number of nitrogens with zero attached hydrogens (tertiary/aromatic N) is 2. The zero-order valence-electron chi connectivity index (χ0n) is 13.5. The molecule has 0 radical (unpaired) electrons. The Bertz CT molecular complexity index is 805. The predicted octanol–water partition coefficient (Wildman–Crippen LogP) is 4.80. The number of thiophene rings is 1. The van der Waals surface area contributed by atoms with Crippen molar-refractivity contribution in [3.8, 4) is 10.4 Å². The van der Waals surface area contributed by atoms with Crippen molar-refractivity contribution < 1.29 is 6.22 Å². The first-order valence-corrected chi connectivity index (χ1v) is 8.87. The number of carbonyl (C=O) groups excluding carboxylic acids is 1. The van der Waals surface area contributed by atoms with Crippen molar-refractivity contribution in [2.45, 2.75) is 26.7 Å². The molecule has 0 saturated heterocycles. The van der Waals surface area contributed by atoms with Gasteiger partial charge in [0.05, 0.1) is 4.88 Å². The van der Waals surface area contributed by atoms with Gasteiger partial charge < -0.3 is 9.88 Å². The number of hydrogen-bond donors (Lipinski definition) is 1. The summed E-state index contributed by atoms with van der Waals surface area (Å²) in [6.07, 6.45) is 5.66. The normalized spacial score (nSPS) is 11.0. The van der Waals surface area contributed by atoms with Gasteiger partial charge in [-0.15, -0.1) is 11.3 Å². The molecule has 3 aromatic rings. The van der Waals surface area contributed by atoms with E-state index in [1.807, 2.05) is 35.4 Å². The molecule has 23 heavy (non-hydrogen) atoms. The Hall–Kier alpha value is -2.14. The number of nitrogens with one attached hydrogen (secondary N) is 1. The highest BCUT2D eigenvalue weighted by molar-refractivity contribution is 7.17. The number of rotatable bonds is 6. The molecule has 4 nitrogen and oxygen atoms in total. The monoisotopic (exact) mass is 329 g/mol. The molecule has 0 saturated carbocycles. The summed E-state index contributed by atoms with van der Waals surface area (Å²) in [6.45, 7) is 5.85. The van der Waals surface area contributed by atoms with Crippen LogP contribution in [0.3, 0.4) is 0 Å². The second kappa shape index (κ2) is 6.96. The number of pyridine rings is 1. The lowest BCUT2D eigenvalue weighted by Gasteiger charge is -2.20. The first-order chi connectivity index (χ1) is 11.2. The van der Waals surface area contributed by atoms with Crippen molar-refractivity contribution in [2.24, 2.45) is 0 Å². The van der Waals surface area contributed by atoms with Crippen LogP contribution < -0.4 is 0 Å². The highest BCUT2D eigenvalue weighted by Crippen LogP contribution is 2.33. The van der Waals surface area contributed by atoms with Crippen LogP contribution in [0, 0.1) is 0 Å². The minimum absolute atomic E-state index is 0. The third kappa shape index (κ3) is 3.15. The Morgan fingerprint density at radius 1 is 1.22 bits per heavy atom. The zero-order valence-corrected chi connectivity index (χ0v) is 14.3. The smallest absolute Gasteiger partial charge is 0.263 e. The van der Waals surface area contributed by atoms with Gasteiger partial charge in [0.15, 0.2) is 0 Å². The minimum atomic E-state index is 0. The summed E-state index contributed by atoms with van der Waals surface area (Å²) in [7, 11) is 0. The van der Waals surface area contributed by atoms with Crippen LogP contribution in [-0.4, -0.2) is 33.9 Å². The standard InChI is InChI=1S/C18H21N3OS.H2/c1-3-11-21(12-4-2)18(22)16-6-5-15(23-16)13-7-9-19-17-14(13)8-10-20-17;/h5-10H,3-4,11-12H2,1-2H3,(H,19,20);1H. The molecule has 3 heterocycles. The fourth-order valence-electron chi connectivity index (χ4n) is 2.78. The number of aromatic nitrogens is 2. The molecule has 0 aliphatic rings. The summed E-state index contributed by atoms with van der Waals surface area (Å²) < 4.78 is 0. The SMILES string of the molecule is CCCN(CCC)C(=O)c1ccc(-c2ccnc3[nH]ccc23)s1.[HH]. The maximum Gasteiger partial charge on any atom is 0.263 e. The van der Waals surface area contributed by atoms with E-state index in [1.54, 1.807) is 17.5 Å². The summed E-state index contributed by atoms with van der Waals surface area (Å²) in [5.74, 6) is 0.143. The van der Waals surface area contributed by atoms with Crippen molar-refractivity contribution in [1.82, 2.24) is 14.9 Å². The first kappa shape index (κ1) is 15.7. The van der Waals surface area contributed by atoms with E-state index in [9.17, 15) is 4.79 Å². The van der Waals surface area contributed by atoms with Gasteiger partial charge in [-0.1, -0.05) is 13.8 Å². The summed E-state index contributed by atoms with van der Waals surface area (Å²) >= 11 is 1.56. The molecule has 3 rings (SSSR count). The fraction of sp³-hybridized carbons (Fsp3) is 0.333. The van der Waals surface area contributed by atoms with Crippen LogP contribution in [0.4, 0.5) is 0 Å². The van der Waals surface area contributed by atoms with E-state index in [0.717, 1.165) is 52.3 Å². The van der Waals surface area contributed by atoms with Gasteiger partial charge in [-0.3, -0.25) is 4.79 Å². The topological polar surface area (TPSA) is 49.0 Å². The van der Waals surface area contributed by atoms with E-state index >= 15 is 0 Å². The van der Waals surface area contributed by atoms with Gasteiger partial charge in [0, 0.05) is 42.7 Å². The molecule has 0 bridgehead atoms. The summed E-state index contributed by atoms with van der Waals surface area (Å²) in [5.41, 5.74) is 2.00. The van der Waals surface area contributed by atoms with Gasteiger partial charge in [0.2, 0.25) is 0 Å². The average molecular weight is 329 g/mol. The van der Waals surface area contributed by atoms with E-state index in [1.165, 1.54) is 0 Å². The van der Waals surface area contributed by atoms with Gasteiger partial charge in [-0.05, 0) is 37.1 Å². The molecule has 0 spiro atoms. The fourth-order valence-corrected chi connectivity index (χ4v) is 3.80. The van der Waals surface area contributed by atoms with Crippen molar-refractivity contribution in [2.75, 3.05) is 13.1 Å². The van der Waals surface area contributed by atoms with Gasteiger partial charge in [0.25, 0.3) is 5.91 Å². The Morgan fingerprint density at radius 2 is 2.00 bits per heavy atom. The summed E-state index contributed by atoms with van der Waals surface area (Å²) in [6, 6.07) is 8.01. The molecule has 1 N–H and O–H groups in total. The number of fused-ring (bicyclic) bond motifs is 1. The van der Waals surface area contributed by atoms with Gasteiger partial charge >= 0.3 is 0 Å². The molecule has 0 atom stereocenters. The molecular weight excluding hydrogens is 306 g/mol. The molecule has 0 aromatic carbocycles. The largest absolute Gasteiger partial charge is 0.346 e. The molecular formula is C18H23N3OS. The molecule has 0 fully saturated rings. The van der Waals surface area contributed by atoms with Gasteiger partial charge in [0.1, 0.15) is 5.65 Å². The lowest BCUT2D eigenvalue weighted by atomic mass is 10.1. The number of amides is 1. The third-order valence-corrected chi connectivity index (χ3v) is 4.92. The second-order valence-electron chi connectivity index (χ2n) is 5.55. The van der Waals surface area contributed by atoms with E-state index in [2.05, 4.69) is 23.8 Å². The Morgan fingerprint density at radius 3 is 2.74 bits per heavy atom. The highest BCUT2D eigenvalue weighted by Gasteiger charge is 2.17. The molecule has 0 unspecified atom stereocenters. The molecule has 3 aromatic heterocycles. The number of H-pyrrole nitrogens is 1. The molecule has 122 valence electrons. The van der Waals surface area contributed by atoms with Crippen LogP contribution in [0.5, 0.6) is 0 Å². The average Bonchev–Trinajstić information content (AvgIpc) is 3.22. The van der Waals surface area contributed by atoms with E-state index < -0.39 is 0 Å². The highest BCUT2D eigenvalue weighted by atomic mass is 32.1. The van der Waals surface area contributed by atoms with Gasteiger partial charge in [-0.25, -0.2) is 4.98 Å². The van der Waals surface area contributed by atoms with E-state index in [0.29, 0.717) is 0 Å². The number of carbonyl (C=O) groups is 1. The molecule has 0 aliphatic carbocycles. The van der Waals surface area contributed by atoms with Crippen LogP contribution in [0.2, 0.25) is 0 Å². The lowest BCUT2D eigenvalue weighted by molar-refractivity contribution is 0.0760. The molecule has 1 amide bonds. The van der Waals surface area contributed by atoms with Crippen molar-refractivity contribution in [1.29, 1.82) is 0 Å². The zero-order chi connectivity index (χ0) is 16.2. The van der Waals surface area contributed by atoms with Crippen LogP contribution in [0.15, 0.2) is 36.7 Å². The summed E-state index contributed by atoms with van der Waals surface area (Å²) in [4.78, 5) is 24.0. The number of hydrogen-bond acceptors (Lipinski definition) is 3. The van der Waals surface area contributed by atoms with Crippen LogP contribution >= 0.6 is 11.3 Å². The number of aromatic amines is 1. The Kier molecular flexibility index (Phi) is 4.76. The van der Waals surface area contributed by atoms with E-state index in [4.69, 9.17) is 0 Å². The van der Waals surface area contributed by atoms with Gasteiger partial charge in [-0.2, -0.15) is 0 Å². The predicted molar refractivity (Wildman–Crippen MR) is 98.0 cm³/mol. The molecule has 0 aliphatic heterocycles. The Balaban J connectivity index is 0.00000208. The second-order valence-corrected chi connectivity index (χ2v) is 6.64. The summed E-state index contributed by atoms with van der Waals surface area (Å²) in [5, 5.41) is 1.09. The van der Waals surface area contributed by atoms with Crippen molar-refractivity contribution >= 4 is 28.3 Å². The van der Waals surface area contributed by atoms with Crippen molar-refractivity contribution in [3.63, 3.8) is 0 Å². The maximum absolute atomic E-state index is 12.7. The molecule has 5 heteroatoms. The van der Waals surface area contributed by atoms with E-state index in [-0.39, 0.29) is 7.33 Å². The third-order valence-electron chi connectivity index (χ3n) is 3.82. The quantitative estimate of drug-likeness (QED) is 0.706. The van der Waals surface area contributed by atoms with Crippen LogP contribution in [0.1, 0.15) is 37.8 Å².